The van der Waals surface area contributed by atoms with Crippen LogP contribution in [0, 0.1) is 11.8 Å². The molecule has 16 heavy (non-hydrogen) atoms. The molecule has 0 aromatic rings. The lowest BCUT2D eigenvalue weighted by Crippen LogP contribution is -2.33. The first-order chi connectivity index (χ1) is 7.68. The van der Waals surface area contributed by atoms with Crippen LogP contribution in [0.5, 0.6) is 0 Å². The van der Waals surface area contributed by atoms with E-state index in [9.17, 15) is 9.59 Å². The second-order valence-electron chi connectivity index (χ2n) is 4.99. The van der Waals surface area contributed by atoms with Gasteiger partial charge in [0.25, 0.3) is 0 Å². The Morgan fingerprint density at radius 1 is 1.19 bits per heavy atom. The Balaban J connectivity index is 1.98. The van der Waals surface area contributed by atoms with Crippen molar-refractivity contribution < 1.29 is 14.7 Å². The van der Waals surface area contributed by atoms with Crippen LogP contribution in [0.2, 0.25) is 0 Å². The van der Waals surface area contributed by atoms with Gasteiger partial charge in [-0.3, -0.25) is 4.79 Å². The van der Waals surface area contributed by atoms with Crippen molar-refractivity contribution in [3.63, 3.8) is 0 Å². The van der Waals surface area contributed by atoms with Crippen LogP contribution in [0.1, 0.15) is 44.9 Å². The smallest absolute Gasteiger partial charge is 0.326 e. The maximum atomic E-state index is 11.7. The lowest BCUT2D eigenvalue weighted by molar-refractivity contribution is -0.140. The van der Waals surface area contributed by atoms with E-state index in [2.05, 4.69) is 5.32 Å². The third-order valence-electron chi connectivity index (χ3n) is 3.91. The van der Waals surface area contributed by atoms with Gasteiger partial charge in [-0.15, -0.1) is 0 Å². The summed E-state index contributed by atoms with van der Waals surface area (Å²) in [5, 5.41) is 11.5. The normalized spacial score (nSPS) is 32.1. The summed E-state index contributed by atoms with van der Waals surface area (Å²) in [6.07, 6.45) is 7.55. The zero-order chi connectivity index (χ0) is 11.5. The molecule has 1 aliphatic heterocycles. The summed E-state index contributed by atoms with van der Waals surface area (Å²) in [6.45, 7) is 0. The van der Waals surface area contributed by atoms with Crippen molar-refractivity contribution in [2.24, 2.45) is 11.8 Å². The van der Waals surface area contributed by atoms with Gasteiger partial charge in [0.1, 0.15) is 6.04 Å². The van der Waals surface area contributed by atoms with Crippen molar-refractivity contribution in [1.82, 2.24) is 5.32 Å². The van der Waals surface area contributed by atoms with Gasteiger partial charge in [0.05, 0.1) is 0 Å². The number of carbonyl (C=O) groups excluding carboxylic acids is 1. The molecule has 2 fully saturated rings. The maximum Gasteiger partial charge on any atom is 0.326 e. The first-order valence-corrected chi connectivity index (χ1v) is 6.21. The molecule has 1 heterocycles. The van der Waals surface area contributed by atoms with Crippen LogP contribution in [0.4, 0.5) is 0 Å². The number of carbonyl (C=O) groups is 2. The Morgan fingerprint density at radius 3 is 2.31 bits per heavy atom. The van der Waals surface area contributed by atoms with E-state index in [1.807, 2.05) is 0 Å². The number of rotatable bonds is 2. The van der Waals surface area contributed by atoms with Gasteiger partial charge in [0.2, 0.25) is 5.91 Å². The van der Waals surface area contributed by atoms with Crippen LogP contribution in [-0.4, -0.2) is 23.0 Å². The molecule has 0 aromatic heterocycles. The minimum absolute atomic E-state index is 0.0423. The number of carboxylic acid groups (broad SMARTS) is 1. The number of nitrogens with one attached hydrogen (secondary N) is 1. The zero-order valence-electron chi connectivity index (χ0n) is 9.45. The van der Waals surface area contributed by atoms with Crippen LogP contribution in [0.3, 0.4) is 0 Å². The molecule has 2 aliphatic rings. The van der Waals surface area contributed by atoms with E-state index in [4.69, 9.17) is 5.11 Å². The molecule has 1 saturated carbocycles. The predicted molar refractivity (Wildman–Crippen MR) is 58.9 cm³/mol. The average Bonchev–Trinajstić information content (AvgIpc) is 2.50. The zero-order valence-corrected chi connectivity index (χ0v) is 9.45. The molecule has 1 amide bonds. The van der Waals surface area contributed by atoms with Crippen molar-refractivity contribution in [3.8, 4) is 0 Å². The van der Waals surface area contributed by atoms with E-state index in [0.29, 0.717) is 12.3 Å². The summed E-state index contributed by atoms with van der Waals surface area (Å²) in [4.78, 5) is 22.6. The first kappa shape index (κ1) is 11.4. The summed E-state index contributed by atoms with van der Waals surface area (Å²) in [5.74, 6) is -0.588. The molecule has 2 rings (SSSR count). The second kappa shape index (κ2) is 4.85. The van der Waals surface area contributed by atoms with Gasteiger partial charge >= 0.3 is 5.97 Å². The number of aliphatic carboxylic acids is 1. The molecule has 2 unspecified atom stereocenters. The Morgan fingerprint density at radius 2 is 1.81 bits per heavy atom. The standard InChI is InChI=1S/C12H19NO3/c14-11-9(7-10(13-11)12(15)16)8-5-3-1-2-4-6-8/h8-10H,1-7H2,(H,13,14)(H,15,16). The Hall–Kier alpha value is -1.06. The quantitative estimate of drug-likeness (QED) is 0.701. The predicted octanol–water partition coefficient (Wildman–Crippen LogP) is 1.55. The van der Waals surface area contributed by atoms with Crippen LogP contribution in [-0.2, 0) is 9.59 Å². The van der Waals surface area contributed by atoms with E-state index in [1.165, 1.54) is 25.7 Å². The fourth-order valence-corrected chi connectivity index (χ4v) is 2.98. The van der Waals surface area contributed by atoms with E-state index in [-0.39, 0.29) is 11.8 Å². The van der Waals surface area contributed by atoms with Gasteiger partial charge in [-0.25, -0.2) is 4.79 Å². The third kappa shape index (κ3) is 2.36. The van der Waals surface area contributed by atoms with Gasteiger partial charge in [0, 0.05) is 5.92 Å². The van der Waals surface area contributed by atoms with Gasteiger partial charge < -0.3 is 10.4 Å². The average molecular weight is 225 g/mol. The molecule has 0 aromatic carbocycles. The number of carboxylic acids is 1. The molecular formula is C12H19NO3. The van der Waals surface area contributed by atoms with E-state index >= 15 is 0 Å². The minimum atomic E-state index is -0.899. The SMILES string of the molecule is O=C(O)C1CC(C2CCCCCC2)C(=O)N1. The highest BCUT2D eigenvalue weighted by atomic mass is 16.4. The van der Waals surface area contributed by atoms with Crippen molar-refractivity contribution in [3.05, 3.63) is 0 Å². The lowest BCUT2D eigenvalue weighted by atomic mass is 9.84. The van der Waals surface area contributed by atoms with E-state index in [0.717, 1.165) is 12.8 Å². The van der Waals surface area contributed by atoms with Gasteiger partial charge in [-0.2, -0.15) is 0 Å². The van der Waals surface area contributed by atoms with Crippen molar-refractivity contribution in [1.29, 1.82) is 0 Å². The number of hydrogen-bond donors (Lipinski definition) is 2. The Labute approximate surface area is 95.4 Å². The highest BCUT2D eigenvalue weighted by Crippen LogP contribution is 2.34. The van der Waals surface area contributed by atoms with Gasteiger partial charge in [0.15, 0.2) is 0 Å². The molecule has 1 aliphatic carbocycles. The lowest BCUT2D eigenvalue weighted by Gasteiger charge is -2.18. The molecule has 90 valence electrons. The van der Waals surface area contributed by atoms with Crippen LogP contribution < -0.4 is 5.32 Å². The topological polar surface area (TPSA) is 66.4 Å². The largest absolute Gasteiger partial charge is 0.480 e. The molecule has 0 radical (unpaired) electrons. The summed E-state index contributed by atoms with van der Waals surface area (Å²) < 4.78 is 0. The Kier molecular flexibility index (Phi) is 3.46. The molecule has 1 saturated heterocycles. The second-order valence-corrected chi connectivity index (χ2v) is 4.99. The molecule has 0 bridgehead atoms. The van der Waals surface area contributed by atoms with E-state index in [1.54, 1.807) is 0 Å². The van der Waals surface area contributed by atoms with Crippen molar-refractivity contribution in [2.45, 2.75) is 51.0 Å². The van der Waals surface area contributed by atoms with Gasteiger partial charge in [-0.1, -0.05) is 25.7 Å². The summed E-state index contributed by atoms with van der Waals surface area (Å²) in [7, 11) is 0. The highest BCUT2D eigenvalue weighted by molar-refractivity contribution is 5.89. The monoisotopic (exact) mass is 225 g/mol. The molecule has 0 spiro atoms. The first-order valence-electron chi connectivity index (χ1n) is 6.21. The Bertz CT molecular complexity index is 282. The van der Waals surface area contributed by atoms with Crippen molar-refractivity contribution >= 4 is 11.9 Å². The van der Waals surface area contributed by atoms with E-state index < -0.39 is 12.0 Å². The van der Waals surface area contributed by atoms with Crippen LogP contribution >= 0.6 is 0 Å². The third-order valence-corrected chi connectivity index (χ3v) is 3.91. The summed E-state index contributed by atoms with van der Waals surface area (Å²) in [5.41, 5.74) is 0. The molecule has 2 N–H and O–H groups in total. The van der Waals surface area contributed by atoms with Crippen molar-refractivity contribution in [2.75, 3.05) is 0 Å². The summed E-state index contributed by atoms with van der Waals surface area (Å²) >= 11 is 0. The van der Waals surface area contributed by atoms with Crippen LogP contribution in [0.15, 0.2) is 0 Å². The minimum Gasteiger partial charge on any atom is -0.480 e. The molecule has 4 nitrogen and oxygen atoms in total. The summed E-state index contributed by atoms with van der Waals surface area (Å²) in [6, 6.07) is -0.652. The molecule has 2 atom stereocenters. The highest BCUT2D eigenvalue weighted by Gasteiger charge is 2.40. The molecule has 4 heteroatoms. The maximum absolute atomic E-state index is 11.7. The number of hydrogen-bond acceptors (Lipinski definition) is 2. The van der Waals surface area contributed by atoms with Crippen LogP contribution in [0.25, 0.3) is 0 Å². The van der Waals surface area contributed by atoms with Gasteiger partial charge in [-0.05, 0) is 25.2 Å². The molecular weight excluding hydrogens is 206 g/mol. The number of amides is 1. The fraction of sp³-hybridized carbons (Fsp3) is 0.833. The fourth-order valence-electron chi connectivity index (χ4n) is 2.98.